The third kappa shape index (κ3) is 5.61. The van der Waals surface area contributed by atoms with Crippen LogP contribution in [0.2, 0.25) is 0 Å². The summed E-state index contributed by atoms with van der Waals surface area (Å²) in [6.45, 7) is 4.33. The summed E-state index contributed by atoms with van der Waals surface area (Å²) in [6, 6.07) is 3.61. The first-order valence-electron chi connectivity index (χ1n) is 6.43. The minimum atomic E-state index is -0.810. The second-order valence-electron chi connectivity index (χ2n) is 4.65. The lowest BCUT2D eigenvalue weighted by Gasteiger charge is -2.13. The zero-order valence-electron chi connectivity index (χ0n) is 11.6. The van der Waals surface area contributed by atoms with Crippen molar-refractivity contribution in [2.24, 2.45) is 0 Å². The highest BCUT2D eigenvalue weighted by Crippen LogP contribution is 2.24. The van der Waals surface area contributed by atoms with Crippen LogP contribution >= 0.6 is 15.9 Å². The van der Waals surface area contributed by atoms with Gasteiger partial charge >= 0.3 is 12.0 Å². The zero-order valence-corrected chi connectivity index (χ0v) is 13.2. The van der Waals surface area contributed by atoms with Crippen LogP contribution in [0.5, 0.6) is 0 Å². The molecule has 0 aliphatic carbocycles. The van der Waals surface area contributed by atoms with Gasteiger partial charge < -0.3 is 15.7 Å². The van der Waals surface area contributed by atoms with Crippen molar-refractivity contribution in [3.63, 3.8) is 0 Å². The molecular weight excluding hydrogens is 324 g/mol. The molecular formula is C14H19BrN2O3. The fourth-order valence-corrected chi connectivity index (χ4v) is 2.56. The van der Waals surface area contributed by atoms with Gasteiger partial charge in [-0.3, -0.25) is 4.79 Å². The Morgan fingerprint density at radius 2 is 1.80 bits per heavy atom. The lowest BCUT2D eigenvalue weighted by molar-refractivity contribution is -0.137. The molecule has 20 heavy (non-hydrogen) atoms. The highest BCUT2D eigenvalue weighted by molar-refractivity contribution is 9.10. The summed E-state index contributed by atoms with van der Waals surface area (Å²) in [5, 5.41) is 14.0. The molecule has 0 aliphatic heterocycles. The average Bonchev–Trinajstić information content (AvgIpc) is 2.33. The first kappa shape index (κ1) is 16.5. The van der Waals surface area contributed by atoms with E-state index in [1.165, 1.54) is 0 Å². The van der Waals surface area contributed by atoms with Crippen LogP contribution in [0.15, 0.2) is 16.6 Å². The number of carbonyl (C=O) groups excluding carboxylic acids is 1. The molecule has 1 aromatic carbocycles. The number of aryl methyl sites for hydroxylation is 2. The molecule has 5 nitrogen and oxygen atoms in total. The van der Waals surface area contributed by atoms with Gasteiger partial charge in [-0.05, 0) is 49.9 Å². The van der Waals surface area contributed by atoms with Crippen LogP contribution < -0.4 is 10.6 Å². The van der Waals surface area contributed by atoms with Gasteiger partial charge in [0.1, 0.15) is 0 Å². The summed E-state index contributed by atoms with van der Waals surface area (Å²) in [6.07, 6.45) is 1.35. The predicted molar refractivity (Wildman–Crippen MR) is 82.1 cm³/mol. The van der Waals surface area contributed by atoms with Crippen molar-refractivity contribution in [3.8, 4) is 0 Å². The Balaban J connectivity index is 2.41. The Hall–Kier alpha value is -1.56. The second-order valence-corrected chi connectivity index (χ2v) is 5.56. The van der Waals surface area contributed by atoms with E-state index in [9.17, 15) is 9.59 Å². The number of aliphatic carboxylic acids is 1. The van der Waals surface area contributed by atoms with Crippen molar-refractivity contribution in [1.29, 1.82) is 0 Å². The summed E-state index contributed by atoms with van der Waals surface area (Å²) in [5.41, 5.74) is 2.77. The molecule has 0 saturated heterocycles. The molecule has 0 unspecified atom stereocenters. The van der Waals surface area contributed by atoms with Crippen LogP contribution in [0.3, 0.4) is 0 Å². The van der Waals surface area contributed by atoms with E-state index in [0.717, 1.165) is 21.3 Å². The summed E-state index contributed by atoms with van der Waals surface area (Å²) in [5.74, 6) is -0.810. The van der Waals surface area contributed by atoms with Gasteiger partial charge in [-0.1, -0.05) is 15.9 Å². The summed E-state index contributed by atoms with van der Waals surface area (Å²) in [7, 11) is 0. The number of halogens is 1. The first-order valence-corrected chi connectivity index (χ1v) is 7.23. The Morgan fingerprint density at radius 3 is 2.35 bits per heavy atom. The molecule has 0 heterocycles. The van der Waals surface area contributed by atoms with Crippen LogP contribution in [0.4, 0.5) is 10.5 Å². The van der Waals surface area contributed by atoms with Gasteiger partial charge in [0.25, 0.3) is 0 Å². The molecule has 0 aromatic heterocycles. The molecule has 0 spiro atoms. The van der Waals surface area contributed by atoms with E-state index < -0.39 is 5.97 Å². The molecule has 0 aliphatic rings. The minimum Gasteiger partial charge on any atom is -0.481 e. The molecule has 0 radical (unpaired) electrons. The molecule has 2 amide bonds. The van der Waals surface area contributed by atoms with Gasteiger partial charge in [-0.25, -0.2) is 4.79 Å². The van der Waals surface area contributed by atoms with Gasteiger partial charge in [0.05, 0.1) is 0 Å². The number of carbonyl (C=O) groups is 2. The number of unbranched alkanes of at least 4 members (excludes halogenated alkanes) is 1. The quantitative estimate of drug-likeness (QED) is 0.693. The fourth-order valence-electron chi connectivity index (χ4n) is 1.87. The Labute approximate surface area is 126 Å². The standard InChI is InChI=1S/C14H19BrN2O3/c1-9-7-11(15)8-10(2)13(9)17-14(20)16-6-4-3-5-12(18)19/h7-8H,3-6H2,1-2H3,(H,18,19)(H2,16,17,20). The van der Waals surface area contributed by atoms with E-state index in [0.29, 0.717) is 19.4 Å². The number of hydrogen-bond donors (Lipinski definition) is 3. The smallest absolute Gasteiger partial charge is 0.319 e. The SMILES string of the molecule is Cc1cc(Br)cc(C)c1NC(=O)NCCCCC(=O)O. The van der Waals surface area contributed by atoms with Gasteiger partial charge in [0.2, 0.25) is 0 Å². The number of benzene rings is 1. The number of carboxylic acid groups (broad SMARTS) is 1. The highest BCUT2D eigenvalue weighted by atomic mass is 79.9. The fraction of sp³-hybridized carbons (Fsp3) is 0.429. The lowest BCUT2D eigenvalue weighted by atomic mass is 10.1. The van der Waals surface area contributed by atoms with Crippen molar-refractivity contribution in [2.75, 3.05) is 11.9 Å². The molecule has 0 fully saturated rings. The molecule has 0 bridgehead atoms. The van der Waals surface area contributed by atoms with Crippen molar-refractivity contribution in [3.05, 3.63) is 27.7 Å². The topological polar surface area (TPSA) is 78.4 Å². The summed E-state index contributed by atoms with van der Waals surface area (Å²) < 4.78 is 0.979. The van der Waals surface area contributed by atoms with Crippen LogP contribution in [0.1, 0.15) is 30.4 Å². The van der Waals surface area contributed by atoms with Crippen LogP contribution in [0, 0.1) is 13.8 Å². The van der Waals surface area contributed by atoms with E-state index in [4.69, 9.17) is 5.11 Å². The Morgan fingerprint density at radius 1 is 1.20 bits per heavy atom. The van der Waals surface area contributed by atoms with Gasteiger partial charge in [0.15, 0.2) is 0 Å². The maximum absolute atomic E-state index is 11.7. The second kappa shape index (κ2) is 7.89. The monoisotopic (exact) mass is 342 g/mol. The van der Waals surface area contributed by atoms with Crippen LogP contribution in [-0.4, -0.2) is 23.7 Å². The van der Waals surface area contributed by atoms with Crippen LogP contribution in [-0.2, 0) is 4.79 Å². The number of nitrogens with one attached hydrogen (secondary N) is 2. The number of hydrogen-bond acceptors (Lipinski definition) is 2. The van der Waals surface area contributed by atoms with Crippen molar-refractivity contribution < 1.29 is 14.7 Å². The molecule has 0 saturated carbocycles. The number of amides is 2. The number of anilines is 1. The average molecular weight is 343 g/mol. The molecule has 6 heteroatoms. The first-order chi connectivity index (χ1) is 9.40. The summed E-state index contributed by atoms with van der Waals surface area (Å²) in [4.78, 5) is 22.1. The molecule has 0 atom stereocenters. The van der Waals surface area contributed by atoms with E-state index in [1.807, 2.05) is 26.0 Å². The molecule has 3 N–H and O–H groups in total. The van der Waals surface area contributed by atoms with Crippen molar-refractivity contribution in [1.82, 2.24) is 5.32 Å². The lowest BCUT2D eigenvalue weighted by Crippen LogP contribution is -2.30. The molecule has 1 rings (SSSR count). The normalized spacial score (nSPS) is 10.2. The predicted octanol–water partition coefficient (Wildman–Crippen LogP) is 3.44. The van der Waals surface area contributed by atoms with Crippen molar-refractivity contribution in [2.45, 2.75) is 33.1 Å². The largest absolute Gasteiger partial charge is 0.481 e. The highest BCUT2D eigenvalue weighted by Gasteiger charge is 2.08. The Bertz CT molecular complexity index is 480. The third-order valence-electron chi connectivity index (χ3n) is 2.84. The molecule has 110 valence electrons. The van der Waals surface area contributed by atoms with Gasteiger partial charge in [0, 0.05) is 23.1 Å². The van der Waals surface area contributed by atoms with Gasteiger partial charge in [-0.2, -0.15) is 0 Å². The maximum atomic E-state index is 11.7. The van der Waals surface area contributed by atoms with E-state index >= 15 is 0 Å². The number of urea groups is 1. The zero-order chi connectivity index (χ0) is 15.1. The van der Waals surface area contributed by atoms with Crippen LogP contribution in [0.25, 0.3) is 0 Å². The third-order valence-corrected chi connectivity index (χ3v) is 3.30. The number of rotatable bonds is 6. The minimum absolute atomic E-state index is 0.133. The van der Waals surface area contributed by atoms with Crippen molar-refractivity contribution >= 4 is 33.6 Å². The van der Waals surface area contributed by atoms with E-state index in [2.05, 4.69) is 26.6 Å². The Kier molecular flexibility index (Phi) is 6.51. The van der Waals surface area contributed by atoms with E-state index in [-0.39, 0.29) is 12.5 Å². The van der Waals surface area contributed by atoms with Gasteiger partial charge in [-0.15, -0.1) is 0 Å². The molecule has 1 aromatic rings. The summed E-state index contributed by atoms with van der Waals surface area (Å²) >= 11 is 3.41. The maximum Gasteiger partial charge on any atom is 0.319 e. The van der Waals surface area contributed by atoms with E-state index in [1.54, 1.807) is 0 Å². The number of carboxylic acids is 1.